The second-order valence-electron chi connectivity index (χ2n) is 8.11. The van der Waals surface area contributed by atoms with Crippen LogP contribution in [0.15, 0.2) is 77.1 Å². The first-order valence-electron chi connectivity index (χ1n) is 10.7. The van der Waals surface area contributed by atoms with Crippen molar-refractivity contribution in [1.82, 2.24) is 5.32 Å². The minimum absolute atomic E-state index is 0.0437. The highest BCUT2D eigenvalue weighted by atomic mass is 35.5. The summed E-state index contributed by atoms with van der Waals surface area (Å²) in [5, 5.41) is 3.96. The van der Waals surface area contributed by atoms with Gasteiger partial charge in [-0.2, -0.15) is 0 Å². The second kappa shape index (κ2) is 9.72. The van der Waals surface area contributed by atoms with Gasteiger partial charge in [0.05, 0.1) is 12.2 Å². The van der Waals surface area contributed by atoms with Gasteiger partial charge in [0.25, 0.3) is 0 Å². The van der Waals surface area contributed by atoms with E-state index in [2.05, 4.69) is 17.4 Å². The summed E-state index contributed by atoms with van der Waals surface area (Å²) >= 11 is 6.11. The van der Waals surface area contributed by atoms with E-state index in [1.54, 1.807) is 19.2 Å². The fourth-order valence-corrected chi connectivity index (χ4v) is 4.68. The van der Waals surface area contributed by atoms with E-state index in [1.807, 2.05) is 37.3 Å². The van der Waals surface area contributed by atoms with E-state index >= 15 is 0 Å². The Kier molecular flexibility index (Phi) is 6.77. The third kappa shape index (κ3) is 4.50. The number of hydrogen-bond acceptors (Lipinski definition) is 5. The molecule has 32 heavy (non-hydrogen) atoms. The molecule has 6 heteroatoms. The van der Waals surface area contributed by atoms with Crippen molar-refractivity contribution in [3.63, 3.8) is 0 Å². The zero-order chi connectivity index (χ0) is 22.7. The molecule has 0 bridgehead atoms. The average Bonchev–Trinajstić information content (AvgIpc) is 2.79. The van der Waals surface area contributed by atoms with Gasteiger partial charge in [-0.25, -0.2) is 4.79 Å². The number of methoxy groups -OCH3 is 1. The summed E-state index contributed by atoms with van der Waals surface area (Å²) in [6.45, 7) is 2.31. The van der Waals surface area contributed by atoms with E-state index in [1.165, 1.54) is 0 Å². The maximum Gasteiger partial charge on any atom is 0.336 e. The molecule has 0 aromatic heterocycles. The Morgan fingerprint density at radius 3 is 2.44 bits per heavy atom. The second-order valence-corrected chi connectivity index (χ2v) is 8.54. The number of esters is 1. The highest BCUT2D eigenvalue weighted by molar-refractivity contribution is 6.30. The SMILES string of the molecule is COCCOC(=O)C1=C(C)NC2=C(C(=O)C[C@H](c3ccccc3)C2)[C@@H]1c1ccc(Cl)cc1. The molecule has 2 aliphatic rings. The molecule has 0 amide bonds. The van der Waals surface area contributed by atoms with Crippen LogP contribution in [0.1, 0.15) is 42.7 Å². The minimum Gasteiger partial charge on any atom is -0.460 e. The molecule has 0 saturated carbocycles. The summed E-state index contributed by atoms with van der Waals surface area (Å²) in [5.74, 6) is -0.801. The summed E-state index contributed by atoms with van der Waals surface area (Å²) in [5.41, 5.74) is 4.66. The number of Topliss-reactive ketones (excluding diaryl/α,β-unsaturated/α-hetero) is 1. The number of ether oxygens (including phenoxy) is 2. The van der Waals surface area contributed by atoms with E-state index in [0.29, 0.717) is 41.3 Å². The normalized spacial score (nSPS) is 20.7. The maximum absolute atomic E-state index is 13.5. The summed E-state index contributed by atoms with van der Waals surface area (Å²) in [6.07, 6.45) is 1.11. The topological polar surface area (TPSA) is 64.6 Å². The van der Waals surface area contributed by atoms with Crippen molar-refractivity contribution in [3.05, 3.63) is 93.3 Å². The van der Waals surface area contributed by atoms with Crippen molar-refractivity contribution >= 4 is 23.4 Å². The first-order chi connectivity index (χ1) is 15.5. The van der Waals surface area contributed by atoms with E-state index < -0.39 is 11.9 Å². The summed E-state index contributed by atoms with van der Waals surface area (Å²) in [4.78, 5) is 26.5. The Morgan fingerprint density at radius 2 is 1.75 bits per heavy atom. The van der Waals surface area contributed by atoms with Gasteiger partial charge >= 0.3 is 5.97 Å². The number of carbonyl (C=O) groups excluding carboxylic acids is 2. The van der Waals surface area contributed by atoms with Crippen molar-refractivity contribution in [2.24, 2.45) is 0 Å². The van der Waals surface area contributed by atoms with E-state index in [4.69, 9.17) is 21.1 Å². The minimum atomic E-state index is -0.497. The molecule has 1 N–H and O–H groups in total. The lowest BCUT2D eigenvalue weighted by molar-refractivity contribution is -0.140. The molecule has 166 valence electrons. The standard InChI is InChI=1S/C26H26ClNO4/c1-16-23(26(30)32-13-12-31-2)24(18-8-10-20(27)11-9-18)25-21(28-16)14-19(15-22(25)29)17-6-4-3-5-7-17/h3-11,19,24,28H,12-15H2,1-2H3/t19-,24-/m1/s1. The average molecular weight is 452 g/mol. The number of hydrogen-bond donors (Lipinski definition) is 1. The van der Waals surface area contributed by atoms with Gasteiger partial charge in [-0.1, -0.05) is 54.1 Å². The molecule has 5 nitrogen and oxygen atoms in total. The van der Waals surface area contributed by atoms with Crippen LogP contribution in [-0.2, 0) is 19.1 Å². The van der Waals surface area contributed by atoms with Crippen molar-refractivity contribution in [2.45, 2.75) is 31.6 Å². The summed E-state index contributed by atoms with van der Waals surface area (Å²) in [6, 6.07) is 17.4. The lowest BCUT2D eigenvalue weighted by Gasteiger charge is -2.36. The Labute approximate surface area is 193 Å². The van der Waals surface area contributed by atoms with Gasteiger partial charge in [0.2, 0.25) is 0 Å². The maximum atomic E-state index is 13.5. The monoisotopic (exact) mass is 451 g/mol. The molecule has 2 aromatic carbocycles. The van der Waals surface area contributed by atoms with Gasteiger partial charge in [0.15, 0.2) is 5.78 Å². The first kappa shape index (κ1) is 22.3. The zero-order valence-electron chi connectivity index (χ0n) is 18.2. The predicted octanol–water partition coefficient (Wildman–Crippen LogP) is 4.89. The van der Waals surface area contributed by atoms with Crippen LogP contribution in [0.3, 0.4) is 0 Å². The van der Waals surface area contributed by atoms with Crippen molar-refractivity contribution < 1.29 is 19.1 Å². The molecule has 1 heterocycles. The lowest BCUT2D eigenvalue weighted by Crippen LogP contribution is -2.36. The van der Waals surface area contributed by atoms with Crippen LogP contribution in [-0.4, -0.2) is 32.1 Å². The number of ketones is 1. The van der Waals surface area contributed by atoms with Crippen molar-refractivity contribution in [3.8, 4) is 0 Å². The molecule has 2 aromatic rings. The molecular formula is C26H26ClNO4. The number of dihydropyridines is 1. The fraction of sp³-hybridized carbons (Fsp3) is 0.308. The number of benzene rings is 2. The number of allylic oxidation sites excluding steroid dienone is 3. The quantitative estimate of drug-likeness (QED) is 0.500. The molecule has 1 aliphatic heterocycles. The summed E-state index contributed by atoms with van der Waals surface area (Å²) in [7, 11) is 1.55. The van der Waals surface area contributed by atoms with Crippen LogP contribution in [0.5, 0.6) is 0 Å². The van der Waals surface area contributed by atoms with Crippen LogP contribution in [0.4, 0.5) is 0 Å². The molecule has 0 fully saturated rings. The van der Waals surface area contributed by atoms with Crippen LogP contribution in [0.2, 0.25) is 5.02 Å². The Balaban J connectivity index is 1.74. The van der Waals surface area contributed by atoms with Crippen LogP contribution < -0.4 is 5.32 Å². The third-order valence-corrected chi connectivity index (χ3v) is 6.29. The molecular weight excluding hydrogens is 426 g/mol. The van der Waals surface area contributed by atoms with Gasteiger partial charge in [0.1, 0.15) is 6.61 Å². The molecule has 0 radical (unpaired) electrons. The number of nitrogens with one attached hydrogen (secondary N) is 1. The smallest absolute Gasteiger partial charge is 0.336 e. The number of carbonyl (C=O) groups is 2. The van der Waals surface area contributed by atoms with Gasteiger partial charge in [0, 0.05) is 41.4 Å². The lowest BCUT2D eigenvalue weighted by atomic mass is 9.72. The Morgan fingerprint density at radius 1 is 1.03 bits per heavy atom. The van der Waals surface area contributed by atoms with Crippen LogP contribution in [0.25, 0.3) is 0 Å². The molecule has 4 rings (SSSR count). The Bertz CT molecular complexity index is 1070. The van der Waals surface area contributed by atoms with Crippen molar-refractivity contribution in [2.75, 3.05) is 20.3 Å². The number of halogens is 1. The first-order valence-corrected chi connectivity index (χ1v) is 11.1. The summed E-state index contributed by atoms with van der Waals surface area (Å²) < 4.78 is 10.5. The van der Waals surface area contributed by atoms with Gasteiger partial charge in [-0.05, 0) is 42.5 Å². The Hall–Kier alpha value is -2.89. The van der Waals surface area contributed by atoms with E-state index in [0.717, 1.165) is 16.8 Å². The molecule has 2 atom stereocenters. The molecule has 0 saturated heterocycles. The van der Waals surface area contributed by atoms with Crippen LogP contribution in [0, 0.1) is 0 Å². The van der Waals surface area contributed by atoms with E-state index in [-0.39, 0.29) is 18.3 Å². The van der Waals surface area contributed by atoms with Gasteiger partial charge < -0.3 is 14.8 Å². The molecule has 0 unspecified atom stereocenters. The molecule has 1 aliphatic carbocycles. The molecule has 0 spiro atoms. The van der Waals surface area contributed by atoms with E-state index in [9.17, 15) is 9.59 Å². The van der Waals surface area contributed by atoms with Crippen molar-refractivity contribution in [1.29, 1.82) is 0 Å². The zero-order valence-corrected chi connectivity index (χ0v) is 18.9. The van der Waals surface area contributed by atoms with Gasteiger partial charge in [-0.3, -0.25) is 4.79 Å². The highest BCUT2D eigenvalue weighted by Crippen LogP contribution is 2.45. The predicted molar refractivity (Wildman–Crippen MR) is 123 cm³/mol. The van der Waals surface area contributed by atoms with Gasteiger partial charge in [-0.15, -0.1) is 0 Å². The largest absolute Gasteiger partial charge is 0.460 e. The van der Waals surface area contributed by atoms with Crippen LogP contribution >= 0.6 is 11.6 Å². The third-order valence-electron chi connectivity index (χ3n) is 6.04. The highest BCUT2D eigenvalue weighted by Gasteiger charge is 2.41. The number of rotatable bonds is 6. The fourth-order valence-electron chi connectivity index (χ4n) is 4.55.